The van der Waals surface area contributed by atoms with Crippen LogP contribution in [0.1, 0.15) is 49.9 Å². The number of hydrogen-bond donors (Lipinski definition) is 2. The quantitative estimate of drug-likeness (QED) is 0.862. The molecule has 0 radical (unpaired) electrons. The summed E-state index contributed by atoms with van der Waals surface area (Å²) in [7, 11) is 0. The fraction of sp³-hybridized carbons (Fsp3) is 0.571. The van der Waals surface area contributed by atoms with Gasteiger partial charge in [0.1, 0.15) is 5.82 Å². The van der Waals surface area contributed by atoms with E-state index in [-0.39, 0.29) is 5.56 Å². The zero-order valence-electron chi connectivity index (χ0n) is 10.9. The van der Waals surface area contributed by atoms with Crippen molar-refractivity contribution in [2.75, 3.05) is 5.32 Å². The Balaban J connectivity index is 1.98. The van der Waals surface area contributed by atoms with Crippen molar-refractivity contribution in [3.8, 4) is 0 Å². The standard InChI is InChI=1S/C14H20N2O2/c1-14(2)6-3-11(4-7-14)16-12-9-10(13(17)18)5-8-15-12/h5,8-9,11H,3-4,6-7H2,1-2H3,(H,15,16)(H,17,18). The molecule has 98 valence electrons. The number of carboxylic acids is 1. The molecule has 4 nitrogen and oxygen atoms in total. The highest BCUT2D eigenvalue weighted by Gasteiger charge is 2.26. The summed E-state index contributed by atoms with van der Waals surface area (Å²) in [5.74, 6) is -0.246. The lowest BCUT2D eigenvalue weighted by Crippen LogP contribution is -2.30. The fourth-order valence-corrected chi connectivity index (χ4v) is 2.40. The van der Waals surface area contributed by atoms with Crippen LogP contribution < -0.4 is 5.32 Å². The number of carboxylic acid groups (broad SMARTS) is 1. The van der Waals surface area contributed by atoms with Gasteiger partial charge in [0, 0.05) is 12.2 Å². The van der Waals surface area contributed by atoms with Crippen LogP contribution in [-0.2, 0) is 0 Å². The highest BCUT2D eigenvalue weighted by molar-refractivity contribution is 5.88. The third kappa shape index (κ3) is 3.22. The molecule has 2 N–H and O–H groups in total. The fourth-order valence-electron chi connectivity index (χ4n) is 2.40. The number of aromatic carboxylic acids is 1. The van der Waals surface area contributed by atoms with Crippen LogP contribution in [0.25, 0.3) is 0 Å². The molecule has 0 aliphatic heterocycles. The van der Waals surface area contributed by atoms with Crippen molar-refractivity contribution in [1.29, 1.82) is 0 Å². The molecular weight excluding hydrogens is 228 g/mol. The van der Waals surface area contributed by atoms with Crippen molar-refractivity contribution in [2.24, 2.45) is 5.41 Å². The van der Waals surface area contributed by atoms with Crippen LogP contribution >= 0.6 is 0 Å². The summed E-state index contributed by atoms with van der Waals surface area (Å²) in [6.45, 7) is 4.60. The molecule has 0 spiro atoms. The van der Waals surface area contributed by atoms with Gasteiger partial charge in [0.2, 0.25) is 0 Å². The van der Waals surface area contributed by atoms with Crippen LogP contribution in [0.3, 0.4) is 0 Å². The molecule has 1 aliphatic rings. The molecule has 0 atom stereocenters. The molecule has 1 aromatic rings. The van der Waals surface area contributed by atoms with Gasteiger partial charge in [-0.05, 0) is 43.2 Å². The SMILES string of the molecule is CC1(C)CCC(Nc2cc(C(=O)O)ccn2)CC1. The zero-order valence-corrected chi connectivity index (χ0v) is 10.9. The number of carbonyl (C=O) groups is 1. The number of aromatic nitrogens is 1. The molecule has 1 aromatic heterocycles. The summed E-state index contributed by atoms with van der Waals surface area (Å²) in [6.07, 6.45) is 6.17. The number of nitrogens with one attached hydrogen (secondary N) is 1. The van der Waals surface area contributed by atoms with Gasteiger partial charge in [-0.15, -0.1) is 0 Å². The van der Waals surface area contributed by atoms with Crippen molar-refractivity contribution >= 4 is 11.8 Å². The van der Waals surface area contributed by atoms with Crippen molar-refractivity contribution < 1.29 is 9.90 Å². The van der Waals surface area contributed by atoms with E-state index in [0.29, 0.717) is 17.3 Å². The first-order valence-corrected chi connectivity index (χ1v) is 6.42. The third-order valence-corrected chi connectivity index (χ3v) is 3.70. The molecule has 1 aliphatic carbocycles. The maximum atomic E-state index is 10.9. The van der Waals surface area contributed by atoms with Crippen LogP contribution in [0.2, 0.25) is 0 Å². The van der Waals surface area contributed by atoms with Gasteiger partial charge in [-0.2, -0.15) is 0 Å². The molecule has 1 heterocycles. The minimum Gasteiger partial charge on any atom is -0.478 e. The van der Waals surface area contributed by atoms with Gasteiger partial charge in [0.15, 0.2) is 0 Å². The van der Waals surface area contributed by atoms with Crippen LogP contribution in [0.15, 0.2) is 18.3 Å². The Bertz CT molecular complexity index is 433. The van der Waals surface area contributed by atoms with Crippen LogP contribution in [0.5, 0.6) is 0 Å². The van der Waals surface area contributed by atoms with Gasteiger partial charge in [-0.25, -0.2) is 9.78 Å². The van der Waals surface area contributed by atoms with Gasteiger partial charge in [-0.1, -0.05) is 13.8 Å². The molecule has 0 amide bonds. The molecule has 4 heteroatoms. The number of rotatable bonds is 3. The lowest BCUT2D eigenvalue weighted by molar-refractivity contribution is 0.0697. The van der Waals surface area contributed by atoms with E-state index >= 15 is 0 Å². The molecule has 1 fully saturated rings. The van der Waals surface area contributed by atoms with E-state index in [4.69, 9.17) is 5.11 Å². The average Bonchev–Trinajstić information content (AvgIpc) is 2.32. The van der Waals surface area contributed by atoms with Crippen molar-refractivity contribution in [1.82, 2.24) is 4.98 Å². The predicted molar refractivity (Wildman–Crippen MR) is 70.9 cm³/mol. The lowest BCUT2D eigenvalue weighted by atomic mass is 9.75. The second kappa shape index (κ2) is 4.96. The summed E-state index contributed by atoms with van der Waals surface area (Å²) in [6, 6.07) is 3.52. The van der Waals surface area contributed by atoms with E-state index in [2.05, 4.69) is 24.1 Å². The molecule has 2 rings (SSSR count). The third-order valence-electron chi connectivity index (χ3n) is 3.70. The predicted octanol–water partition coefficient (Wildman–Crippen LogP) is 3.16. The van der Waals surface area contributed by atoms with Gasteiger partial charge in [0.05, 0.1) is 5.56 Å². The Morgan fingerprint density at radius 2 is 2.11 bits per heavy atom. The monoisotopic (exact) mass is 248 g/mol. The summed E-state index contributed by atoms with van der Waals surface area (Å²) >= 11 is 0. The van der Waals surface area contributed by atoms with Gasteiger partial charge in [0.25, 0.3) is 0 Å². The Labute approximate surface area is 107 Å². The second-order valence-electron chi connectivity index (χ2n) is 5.82. The smallest absolute Gasteiger partial charge is 0.335 e. The molecule has 0 bridgehead atoms. The minimum atomic E-state index is -0.912. The normalized spacial score (nSPS) is 19.4. The van der Waals surface area contributed by atoms with Gasteiger partial charge in [-0.3, -0.25) is 0 Å². The van der Waals surface area contributed by atoms with Crippen molar-refractivity contribution in [3.05, 3.63) is 23.9 Å². The first-order valence-electron chi connectivity index (χ1n) is 6.42. The zero-order chi connectivity index (χ0) is 13.2. The minimum absolute atomic E-state index is 0.281. The van der Waals surface area contributed by atoms with Gasteiger partial charge < -0.3 is 10.4 Å². The van der Waals surface area contributed by atoms with E-state index in [1.54, 1.807) is 12.3 Å². The van der Waals surface area contributed by atoms with E-state index < -0.39 is 5.97 Å². The van der Waals surface area contributed by atoms with E-state index in [9.17, 15) is 4.79 Å². The Kier molecular flexibility index (Phi) is 3.55. The summed E-state index contributed by atoms with van der Waals surface area (Å²) in [5.41, 5.74) is 0.720. The number of anilines is 1. The van der Waals surface area contributed by atoms with E-state index in [1.807, 2.05) is 0 Å². The topological polar surface area (TPSA) is 62.2 Å². The average molecular weight is 248 g/mol. The maximum Gasteiger partial charge on any atom is 0.335 e. The molecular formula is C14H20N2O2. The van der Waals surface area contributed by atoms with Crippen LogP contribution in [0.4, 0.5) is 5.82 Å². The molecule has 0 aromatic carbocycles. The Hall–Kier alpha value is -1.58. The number of nitrogens with zero attached hydrogens (tertiary/aromatic N) is 1. The van der Waals surface area contributed by atoms with Crippen molar-refractivity contribution in [2.45, 2.75) is 45.6 Å². The van der Waals surface area contributed by atoms with E-state index in [1.165, 1.54) is 18.9 Å². The molecule has 18 heavy (non-hydrogen) atoms. The van der Waals surface area contributed by atoms with Crippen LogP contribution in [-0.4, -0.2) is 22.1 Å². The van der Waals surface area contributed by atoms with Crippen molar-refractivity contribution in [3.63, 3.8) is 0 Å². The summed E-state index contributed by atoms with van der Waals surface area (Å²) in [5, 5.41) is 12.3. The Morgan fingerprint density at radius 1 is 1.44 bits per heavy atom. The molecule has 1 saturated carbocycles. The highest BCUT2D eigenvalue weighted by atomic mass is 16.4. The Morgan fingerprint density at radius 3 is 2.72 bits per heavy atom. The maximum absolute atomic E-state index is 10.9. The highest BCUT2D eigenvalue weighted by Crippen LogP contribution is 2.35. The number of hydrogen-bond acceptors (Lipinski definition) is 3. The first kappa shape index (κ1) is 12.9. The first-order chi connectivity index (χ1) is 8.46. The van der Waals surface area contributed by atoms with Gasteiger partial charge >= 0.3 is 5.97 Å². The summed E-state index contributed by atoms with van der Waals surface area (Å²) in [4.78, 5) is 15.1. The van der Waals surface area contributed by atoms with Crippen LogP contribution in [0, 0.1) is 5.41 Å². The summed E-state index contributed by atoms with van der Waals surface area (Å²) < 4.78 is 0. The van der Waals surface area contributed by atoms with E-state index in [0.717, 1.165) is 12.8 Å². The second-order valence-corrected chi connectivity index (χ2v) is 5.82. The number of pyridine rings is 1. The lowest BCUT2D eigenvalue weighted by Gasteiger charge is -2.34. The largest absolute Gasteiger partial charge is 0.478 e. The molecule has 0 saturated heterocycles. The molecule has 0 unspecified atom stereocenters.